The Hall–Kier alpha value is -2.04. The number of hydrogen-bond donors (Lipinski definition) is 3. The van der Waals surface area contributed by atoms with Crippen LogP contribution in [0.5, 0.6) is 0 Å². The predicted molar refractivity (Wildman–Crippen MR) is 70.5 cm³/mol. The zero-order chi connectivity index (χ0) is 13.5. The van der Waals surface area contributed by atoms with Gasteiger partial charge in [0.1, 0.15) is 5.84 Å². The lowest BCUT2D eigenvalue weighted by molar-refractivity contribution is 0.132. The standard InChI is InChI=1S/C13H19N3O2/c1-9(2)8-18-13(17)16-7-10-3-5-11(6-4-10)12(14)15/h3-6,9H,7-8H2,1-2H3,(H3,14,15)(H,16,17). The minimum absolute atomic E-state index is 0.0332. The second-order valence-electron chi connectivity index (χ2n) is 4.46. The quantitative estimate of drug-likeness (QED) is 0.549. The maximum absolute atomic E-state index is 11.3. The van der Waals surface area contributed by atoms with Crippen molar-refractivity contribution in [1.29, 1.82) is 5.41 Å². The number of ether oxygens (including phenoxy) is 1. The van der Waals surface area contributed by atoms with E-state index in [2.05, 4.69) is 5.32 Å². The number of hydrogen-bond acceptors (Lipinski definition) is 3. The van der Waals surface area contributed by atoms with Crippen LogP contribution in [0.1, 0.15) is 25.0 Å². The van der Waals surface area contributed by atoms with Crippen molar-refractivity contribution in [2.45, 2.75) is 20.4 Å². The number of rotatable bonds is 5. The van der Waals surface area contributed by atoms with Crippen LogP contribution in [0.25, 0.3) is 0 Å². The molecule has 0 unspecified atom stereocenters. The third-order valence-electron chi connectivity index (χ3n) is 2.25. The largest absolute Gasteiger partial charge is 0.449 e. The average molecular weight is 249 g/mol. The van der Waals surface area contributed by atoms with E-state index in [9.17, 15) is 4.79 Å². The molecule has 5 nitrogen and oxygen atoms in total. The van der Waals surface area contributed by atoms with E-state index in [0.717, 1.165) is 5.56 Å². The molecule has 1 rings (SSSR count). The fraction of sp³-hybridized carbons (Fsp3) is 0.385. The van der Waals surface area contributed by atoms with Crippen LogP contribution in [-0.2, 0) is 11.3 Å². The third kappa shape index (κ3) is 4.86. The molecule has 0 spiro atoms. The van der Waals surface area contributed by atoms with Gasteiger partial charge in [-0.15, -0.1) is 0 Å². The highest BCUT2D eigenvalue weighted by atomic mass is 16.5. The minimum Gasteiger partial charge on any atom is -0.449 e. The molecule has 0 fully saturated rings. The molecule has 98 valence electrons. The number of alkyl carbamates (subject to hydrolysis) is 1. The minimum atomic E-state index is -0.417. The highest BCUT2D eigenvalue weighted by molar-refractivity contribution is 5.94. The predicted octanol–water partition coefficient (Wildman–Crippen LogP) is 1.85. The van der Waals surface area contributed by atoms with Crippen LogP contribution in [0.2, 0.25) is 0 Å². The Balaban J connectivity index is 2.39. The number of nitrogens with one attached hydrogen (secondary N) is 2. The normalized spacial score (nSPS) is 10.2. The van der Waals surface area contributed by atoms with Gasteiger partial charge in [0, 0.05) is 12.1 Å². The van der Waals surface area contributed by atoms with E-state index in [1.165, 1.54) is 0 Å². The molecule has 0 aromatic heterocycles. The Morgan fingerprint density at radius 2 is 2.00 bits per heavy atom. The first-order chi connectivity index (χ1) is 8.49. The first kappa shape index (κ1) is 14.0. The van der Waals surface area contributed by atoms with Crippen molar-refractivity contribution in [3.63, 3.8) is 0 Å². The summed E-state index contributed by atoms with van der Waals surface area (Å²) in [4.78, 5) is 11.3. The van der Waals surface area contributed by atoms with Crippen LogP contribution < -0.4 is 11.1 Å². The lowest BCUT2D eigenvalue weighted by Gasteiger charge is -2.09. The van der Waals surface area contributed by atoms with Gasteiger partial charge in [0.15, 0.2) is 0 Å². The summed E-state index contributed by atoms with van der Waals surface area (Å²) in [7, 11) is 0. The molecule has 18 heavy (non-hydrogen) atoms. The number of amides is 1. The van der Waals surface area contributed by atoms with Crippen molar-refractivity contribution >= 4 is 11.9 Å². The van der Waals surface area contributed by atoms with Crippen LogP contribution >= 0.6 is 0 Å². The molecular weight excluding hydrogens is 230 g/mol. The van der Waals surface area contributed by atoms with Crippen molar-refractivity contribution in [2.24, 2.45) is 11.7 Å². The summed E-state index contributed by atoms with van der Waals surface area (Å²) in [6.45, 7) is 4.77. The number of benzene rings is 1. The van der Waals surface area contributed by atoms with E-state index in [4.69, 9.17) is 15.9 Å². The molecule has 0 aliphatic heterocycles. The van der Waals surface area contributed by atoms with E-state index in [1.54, 1.807) is 12.1 Å². The van der Waals surface area contributed by atoms with Gasteiger partial charge in [0.2, 0.25) is 0 Å². The molecule has 0 heterocycles. The average Bonchev–Trinajstić information content (AvgIpc) is 2.34. The van der Waals surface area contributed by atoms with Crippen molar-refractivity contribution < 1.29 is 9.53 Å². The van der Waals surface area contributed by atoms with Crippen LogP contribution in [-0.4, -0.2) is 18.5 Å². The Morgan fingerprint density at radius 1 is 1.39 bits per heavy atom. The van der Waals surface area contributed by atoms with Crippen molar-refractivity contribution in [1.82, 2.24) is 5.32 Å². The maximum atomic E-state index is 11.3. The van der Waals surface area contributed by atoms with Gasteiger partial charge in [-0.05, 0) is 11.5 Å². The van der Waals surface area contributed by atoms with Crippen LogP contribution in [0.4, 0.5) is 4.79 Å². The van der Waals surface area contributed by atoms with Crippen LogP contribution in [0, 0.1) is 11.3 Å². The van der Waals surface area contributed by atoms with E-state index in [1.807, 2.05) is 26.0 Å². The molecular formula is C13H19N3O2. The Kier molecular flexibility index (Phi) is 5.17. The van der Waals surface area contributed by atoms with Crippen molar-refractivity contribution in [3.05, 3.63) is 35.4 Å². The topological polar surface area (TPSA) is 88.2 Å². The molecule has 1 amide bonds. The second kappa shape index (κ2) is 6.64. The first-order valence-electron chi connectivity index (χ1n) is 5.83. The summed E-state index contributed by atoms with van der Waals surface area (Å²) < 4.78 is 4.98. The summed E-state index contributed by atoms with van der Waals surface area (Å²) >= 11 is 0. The van der Waals surface area contributed by atoms with Gasteiger partial charge >= 0.3 is 6.09 Å². The molecule has 0 radical (unpaired) electrons. The zero-order valence-electron chi connectivity index (χ0n) is 10.7. The molecule has 0 aliphatic rings. The van der Waals surface area contributed by atoms with E-state index in [-0.39, 0.29) is 5.84 Å². The van der Waals surface area contributed by atoms with Gasteiger partial charge in [-0.25, -0.2) is 4.79 Å². The molecule has 0 saturated carbocycles. The van der Waals surface area contributed by atoms with Gasteiger partial charge in [-0.3, -0.25) is 5.41 Å². The summed E-state index contributed by atoms with van der Waals surface area (Å²) in [6.07, 6.45) is -0.417. The highest BCUT2D eigenvalue weighted by Crippen LogP contribution is 2.03. The molecule has 4 N–H and O–H groups in total. The smallest absolute Gasteiger partial charge is 0.407 e. The summed E-state index contributed by atoms with van der Waals surface area (Å²) in [5, 5.41) is 9.92. The van der Waals surface area contributed by atoms with Crippen LogP contribution in [0.3, 0.4) is 0 Å². The molecule has 5 heteroatoms. The van der Waals surface area contributed by atoms with Gasteiger partial charge in [0.25, 0.3) is 0 Å². The third-order valence-corrected chi connectivity index (χ3v) is 2.25. The van der Waals surface area contributed by atoms with Gasteiger partial charge in [-0.1, -0.05) is 38.1 Å². The van der Waals surface area contributed by atoms with Gasteiger partial charge in [-0.2, -0.15) is 0 Å². The number of amidine groups is 1. The maximum Gasteiger partial charge on any atom is 0.407 e. The molecule has 0 saturated heterocycles. The second-order valence-corrected chi connectivity index (χ2v) is 4.46. The van der Waals surface area contributed by atoms with E-state index < -0.39 is 6.09 Å². The lowest BCUT2D eigenvalue weighted by atomic mass is 10.1. The fourth-order valence-electron chi connectivity index (χ4n) is 1.27. The zero-order valence-corrected chi connectivity index (χ0v) is 10.7. The van der Waals surface area contributed by atoms with Crippen molar-refractivity contribution in [3.8, 4) is 0 Å². The van der Waals surface area contributed by atoms with E-state index >= 15 is 0 Å². The molecule has 1 aromatic carbocycles. The number of carbonyl (C=O) groups is 1. The summed E-state index contributed by atoms with van der Waals surface area (Å²) in [5.41, 5.74) is 6.95. The highest BCUT2D eigenvalue weighted by Gasteiger charge is 2.03. The molecule has 1 aromatic rings. The first-order valence-corrected chi connectivity index (χ1v) is 5.83. The lowest BCUT2D eigenvalue weighted by Crippen LogP contribution is -2.25. The fourth-order valence-corrected chi connectivity index (χ4v) is 1.27. The summed E-state index contributed by atoms with van der Waals surface area (Å²) in [5.74, 6) is 0.358. The molecule has 0 atom stereocenters. The Morgan fingerprint density at radius 3 is 2.50 bits per heavy atom. The van der Waals surface area contributed by atoms with Crippen LogP contribution in [0.15, 0.2) is 24.3 Å². The summed E-state index contributed by atoms with van der Waals surface area (Å²) in [6, 6.07) is 7.14. The number of nitrogens with two attached hydrogens (primary N) is 1. The van der Waals surface area contributed by atoms with Gasteiger partial charge < -0.3 is 15.8 Å². The monoisotopic (exact) mass is 249 g/mol. The Labute approximate surface area is 107 Å². The van der Waals surface area contributed by atoms with Gasteiger partial charge in [0.05, 0.1) is 6.61 Å². The number of nitrogen functional groups attached to an aromatic ring is 1. The number of carbonyl (C=O) groups excluding carboxylic acids is 1. The van der Waals surface area contributed by atoms with E-state index in [0.29, 0.717) is 24.6 Å². The SMILES string of the molecule is CC(C)COC(=O)NCc1ccc(C(=N)N)cc1. The molecule has 0 bridgehead atoms. The van der Waals surface area contributed by atoms with Crippen molar-refractivity contribution in [2.75, 3.05) is 6.61 Å². The Bertz CT molecular complexity index is 413. The molecule has 0 aliphatic carbocycles.